The number of nitrogens with one attached hydrogen (secondary N) is 2. The molecule has 158 valence electrons. The molecule has 0 saturated heterocycles. The van der Waals surface area contributed by atoms with Crippen LogP contribution >= 0.6 is 0 Å². The lowest BCUT2D eigenvalue weighted by atomic mass is 9.87. The molecule has 6 nitrogen and oxygen atoms in total. The van der Waals surface area contributed by atoms with E-state index in [0.717, 1.165) is 10.9 Å². The highest BCUT2D eigenvalue weighted by Gasteiger charge is 2.20. The van der Waals surface area contributed by atoms with Gasteiger partial charge in [-0.15, -0.1) is 0 Å². The van der Waals surface area contributed by atoms with Crippen molar-refractivity contribution in [3.63, 3.8) is 0 Å². The summed E-state index contributed by atoms with van der Waals surface area (Å²) in [7, 11) is 1.57. The molecule has 1 heterocycles. The summed E-state index contributed by atoms with van der Waals surface area (Å²) in [6.45, 7) is 8.72. The first-order chi connectivity index (χ1) is 14.2. The third-order valence-corrected chi connectivity index (χ3v) is 5.08. The van der Waals surface area contributed by atoms with Crippen LogP contribution in [0.1, 0.15) is 43.7 Å². The van der Waals surface area contributed by atoms with Gasteiger partial charge >= 0.3 is 0 Å². The smallest absolute Gasteiger partial charge is 0.270 e. The highest BCUT2D eigenvalue weighted by molar-refractivity contribution is 6.01. The van der Waals surface area contributed by atoms with Crippen LogP contribution in [0.15, 0.2) is 48.5 Å². The Balaban J connectivity index is 1.74. The maximum Gasteiger partial charge on any atom is 0.270 e. The summed E-state index contributed by atoms with van der Waals surface area (Å²) in [5, 5.41) is 3.79. The number of nitrogens with zero attached hydrogens (tertiary/aromatic N) is 1. The summed E-state index contributed by atoms with van der Waals surface area (Å²) in [4.78, 5) is 30.2. The van der Waals surface area contributed by atoms with Crippen molar-refractivity contribution < 1.29 is 14.3 Å². The first-order valence-corrected chi connectivity index (χ1v) is 10.1. The van der Waals surface area contributed by atoms with E-state index in [1.165, 1.54) is 10.5 Å². The van der Waals surface area contributed by atoms with Gasteiger partial charge in [-0.25, -0.2) is 0 Å². The molecule has 2 aromatic carbocycles. The molecular formula is C24H29N3O3. The molecule has 0 unspecified atom stereocenters. The van der Waals surface area contributed by atoms with Crippen molar-refractivity contribution in [3.8, 4) is 5.75 Å². The van der Waals surface area contributed by atoms with Gasteiger partial charge < -0.3 is 19.9 Å². The Morgan fingerprint density at radius 3 is 2.53 bits per heavy atom. The molecule has 3 rings (SSSR count). The van der Waals surface area contributed by atoms with E-state index in [1.807, 2.05) is 19.1 Å². The van der Waals surface area contributed by atoms with Gasteiger partial charge in [0.15, 0.2) is 0 Å². The number of hydrogen-bond donors (Lipinski definition) is 2. The molecule has 0 spiro atoms. The van der Waals surface area contributed by atoms with Crippen molar-refractivity contribution in [2.45, 2.75) is 33.1 Å². The first kappa shape index (κ1) is 21.4. The van der Waals surface area contributed by atoms with E-state index in [-0.39, 0.29) is 23.8 Å². The Morgan fingerprint density at radius 2 is 1.87 bits per heavy atom. The van der Waals surface area contributed by atoms with Crippen LogP contribution in [0.2, 0.25) is 0 Å². The average molecular weight is 408 g/mol. The minimum Gasteiger partial charge on any atom is -0.497 e. The van der Waals surface area contributed by atoms with Gasteiger partial charge in [0, 0.05) is 29.2 Å². The molecule has 3 aromatic rings. The number of fused-ring (bicyclic) bond motifs is 1. The predicted molar refractivity (Wildman–Crippen MR) is 120 cm³/mol. The summed E-state index contributed by atoms with van der Waals surface area (Å²) >= 11 is 0. The monoisotopic (exact) mass is 407 g/mol. The molecule has 0 saturated carbocycles. The fourth-order valence-corrected chi connectivity index (χ4v) is 3.28. The molecule has 0 radical (unpaired) electrons. The molecule has 2 amide bonds. The number of amides is 2. The van der Waals surface area contributed by atoms with Crippen LogP contribution in [0.3, 0.4) is 0 Å². The summed E-state index contributed by atoms with van der Waals surface area (Å²) in [6, 6.07) is 15.2. The van der Waals surface area contributed by atoms with E-state index >= 15 is 0 Å². The standard InChI is InChI=1S/C24H29N3O3/c1-6-27(15-22(28)25-18-8-7-9-19(14-18)30-5)23(29)21-12-16-10-11-17(24(2,3)4)13-20(16)26-21/h7-14,26H,6,15H2,1-5H3,(H,25,28). The summed E-state index contributed by atoms with van der Waals surface area (Å²) < 4.78 is 5.17. The van der Waals surface area contributed by atoms with Crippen LogP contribution in [-0.2, 0) is 10.2 Å². The van der Waals surface area contributed by atoms with Gasteiger partial charge in [0.1, 0.15) is 18.0 Å². The number of carbonyl (C=O) groups is 2. The molecule has 0 fully saturated rings. The van der Waals surface area contributed by atoms with Gasteiger partial charge in [0.25, 0.3) is 5.91 Å². The van der Waals surface area contributed by atoms with Crippen molar-refractivity contribution in [3.05, 3.63) is 59.8 Å². The number of anilines is 1. The zero-order chi connectivity index (χ0) is 21.9. The molecule has 0 aliphatic carbocycles. The summed E-state index contributed by atoms with van der Waals surface area (Å²) in [5.41, 5.74) is 3.25. The molecule has 0 atom stereocenters. The largest absolute Gasteiger partial charge is 0.497 e. The van der Waals surface area contributed by atoms with Gasteiger partial charge in [-0.2, -0.15) is 0 Å². The average Bonchev–Trinajstić information content (AvgIpc) is 3.14. The Morgan fingerprint density at radius 1 is 1.10 bits per heavy atom. The molecule has 6 heteroatoms. The van der Waals surface area contributed by atoms with E-state index in [2.05, 4.69) is 43.2 Å². The highest BCUT2D eigenvalue weighted by atomic mass is 16.5. The number of aromatic amines is 1. The van der Waals surface area contributed by atoms with E-state index in [0.29, 0.717) is 23.7 Å². The number of carbonyl (C=O) groups excluding carboxylic acids is 2. The van der Waals surface area contributed by atoms with E-state index in [1.54, 1.807) is 31.4 Å². The maximum absolute atomic E-state index is 13.0. The van der Waals surface area contributed by atoms with Crippen LogP contribution in [0.4, 0.5) is 5.69 Å². The van der Waals surface area contributed by atoms with Crippen molar-refractivity contribution in [2.24, 2.45) is 0 Å². The number of hydrogen-bond acceptors (Lipinski definition) is 3. The first-order valence-electron chi connectivity index (χ1n) is 10.1. The third kappa shape index (κ3) is 4.82. The van der Waals surface area contributed by atoms with Gasteiger partial charge in [0.05, 0.1) is 7.11 Å². The SMILES string of the molecule is CCN(CC(=O)Nc1cccc(OC)c1)C(=O)c1cc2ccc(C(C)(C)C)cc2[nH]1. The van der Waals surface area contributed by atoms with Gasteiger partial charge in [-0.3, -0.25) is 9.59 Å². The molecule has 0 bridgehead atoms. The Kier molecular flexibility index (Phi) is 6.15. The zero-order valence-corrected chi connectivity index (χ0v) is 18.2. The summed E-state index contributed by atoms with van der Waals surface area (Å²) in [6.07, 6.45) is 0. The normalized spacial score (nSPS) is 11.4. The van der Waals surface area contributed by atoms with Gasteiger partial charge in [-0.1, -0.05) is 39.0 Å². The highest BCUT2D eigenvalue weighted by Crippen LogP contribution is 2.26. The number of ether oxygens (including phenoxy) is 1. The third-order valence-electron chi connectivity index (χ3n) is 5.08. The van der Waals surface area contributed by atoms with E-state index in [4.69, 9.17) is 4.74 Å². The van der Waals surface area contributed by atoms with Crippen molar-refractivity contribution in [2.75, 3.05) is 25.5 Å². The van der Waals surface area contributed by atoms with Crippen LogP contribution in [0.5, 0.6) is 5.75 Å². The second kappa shape index (κ2) is 8.61. The second-order valence-corrected chi connectivity index (χ2v) is 8.33. The fourth-order valence-electron chi connectivity index (χ4n) is 3.28. The number of methoxy groups -OCH3 is 1. The van der Waals surface area contributed by atoms with Crippen molar-refractivity contribution >= 4 is 28.4 Å². The molecule has 0 aliphatic rings. The van der Waals surface area contributed by atoms with E-state index < -0.39 is 0 Å². The Labute approximate surface area is 177 Å². The van der Waals surface area contributed by atoms with Crippen molar-refractivity contribution in [1.29, 1.82) is 0 Å². The van der Waals surface area contributed by atoms with Gasteiger partial charge in [0.2, 0.25) is 5.91 Å². The minimum atomic E-state index is -0.260. The lowest BCUT2D eigenvalue weighted by Crippen LogP contribution is -2.38. The van der Waals surface area contributed by atoms with Crippen LogP contribution in [0.25, 0.3) is 10.9 Å². The van der Waals surface area contributed by atoms with Gasteiger partial charge in [-0.05, 0) is 42.2 Å². The van der Waals surface area contributed by atoms with Crippen LogP contribution < -0.4 is 10.1 Å². The number of H-pyrrole nitrogens is 1. The topological polar surface area (TPSA) is 74.4 Å². The molecule has 2 N–H and O–H groups in total. The predicted octanol–water partition coefficient (Wildman–Crippen LogP) is 4.57. The minimum absolute atomic E-state index is 0.0249. The lowest BCUT2D eigenvalue weighted by Gasteiger charge is -2.20. The maximum atomic E-state index is 13.0. The number of rotatable bonds is 6. The lowest BCUT2D eigenvalue weighted by molar-refractivity contribution is -0.116. The number of aromatic nitrogens is 1. The van der Waals surface area contributed by atoms with Crippen LogP contribution in [0, 0.1) is 0 Å². The quantitative estimate of drug-likeness (QED) is 0.628. The summed E-state index contributed by atoms with van der Waals surface area (Å²) in [5.74, 6) is 0.195. The molecule has 30 heavy (non-hydrogen) atoms. The molecular weight excluding hydrogens is 378 g/mol. The molecule has 0 aliphatic heterocycles. The zero-order valence-electron chi connectivity index (χ0n) is 18.2. The Hall–Kier alpha value is -3.28. The number of likely N-dealkylation sites (N-methyl/N-ethyl adjacent to an activating group) is 1. The molecule has 1 aromatic heterocycles. The van der Waals surface area contributed by atoms with Crippen LogP contribution in [-0.4, -0.2) is 41.9 Å². The van der Waals surface area contributed by atoms with Crippen molar-refractivity contribution in [1.82, 2.24) is 9.88 Å². The number of benzene rings is 2. The van der Waals surface area contributed by atoms with E-state index in [9.17, 15) is 9.59 Å². The fraction of sp³-hybridized carbons (Fsp3) is 0.333. The Bertz CT molecular complexity index is 1060. The second-order valence-electron chi connectivity index (χ2n) is 8.33.